The molecule has 5 nitrogen and oxygen atoms in total. The first-order chi connectivity index (χ1) is 8.97. The summed E-state index contributed by atoms with van der Waals surface area (Å²) in [5, 5.41) is 2.71. The summed E-state index contributed by atoms with van der Waals surface area (Å²) >= 11 is 0. The molecule has 2 rings (SSSR count). The predicted octanol–water partition coefficient (Wildman–Crippen LogP) is 1.14. The summed E-state index contributed by atoms with van der Waals surface area (Å²) in [6.07, 6.45) is 0. The minimum absolute atomic E-state index is 0.0786. The maximum absolute atomic E-state index is 13.3. The van der Waals surface area contributed by atoms with Gasteiger partial charge in [-0.25, -0.2) is 4.39 Å². The van der Waals surface area contributed by atoms with Crippen molar-refractivity contribution in [3.05, 3.63) is 24.0 Å². The maximum Gasteiger partial charge on any atom is 0.234 e. The number of halogens is 1. The van der Waals surface area contributed by atoms with E-state index in [4.69, 9.17) is 15.2 Å². The number of hydrogen-bond donors (Lipinski definition) is 2. The summed E-state index contributed by atoms with van der Waals surface area (Å²) in [4.78, 5) is 12.2. The zero-order valence-electron chi connectivity index (χ0n) is 10.9. The summed E-state index contributed by atoms with van der Waals surface area (Å²) in [5.74, 6) is -0.645. The molecule has 3 N–H and O–H groups in total. The highest BCUT2D eigenvalue weighted by atomic mass is 19.1. The van der Waals surface area contributed by atoms with Gasteiger partial charge < -0.3 is 20.5 Å². The molecule has 19 heavy (non-hydrogen) atoms. The van der Waals surface area contributed by atoms with Gasteiger partial charge in [0.1, 0.15) is 0 Å². The van der Waals surface area contributed by atoms with Gasteiger partial charge in [0.05, 0.1) is 25.7 Å². The lowest BCUT2D eigenvalue weighted by atomic mass is 9.85. The zero-order valence-corrected chi connectivity index (χ0v) is 10.9. The molecule has 0 spiro atoms. The van der Waals surface area contributed by atoms with Gasteiger partial charge in [-0.1, -0.05) is 0 Å². The highest BCUT2D eigenvalue weighted by Crippen LogP contribution is 2.29. The van der Waals surface area contributed by atoms with Gasteiger partial charge >= 0.3 is 0 Å². The monoisotopic (exact) mass is 268 g/mol. The molecular weight excluding hydrogens is 251 g/mol. The molecule has 1 heterocycles. The van der Waals surface area contributed by atoms with Gasteiger partial charge in [-0.2, -0.15) is 0 Å². The smallest absolute Gasteiger partial charge is 0.234 e. The van der Waals surface area contributed by atoms with Crippen LogP contribution >= 0.6 is 0 Å². The van der Waals surface area contributed by atoms with Crippen molar-refractivity contribution in [2.45, 2.75) is 13.0 Å². The van der Waals surface area contributed by atoms with Gasteiger partial charge in [0.25, 0.3) is 0 Å². The molecule has 1 amide bonds. The molecule has 0 saturated carbocycles. The van der Waals surface area contributed by atoms with E-state index in [2.05, 4.69) is 5.32 Å². The third-order valence-corrected chi connectivity index (χ3v) is 3.45. The van der Waals surface area contributed by atoms with Crippen molar-refractivity contribution in [1.82, 2.24) is 0 Å². The number of rotatable bonds is 3. The first kappa shape index (κ1) is 13.8. The first-order valence-corrected chi connectivity index (χ1v) is 5.95. The highest BCUT2D eigenvalue weighted by Gasteiger charge is 2.44. The van der Waals surface area contributed by atoms with Crippen molar-refractivity contribution in [3.63, 3.8) is 0 Å². The van der Waals surface area contributed by atoms with Crippen LogP contribution in [-0.4, -0.2) is 32.3 Å². The van der Waals surface area contributed by atoms with E-state index in [1.807, 2.05) is 0 Å². The predicted molar refractivity (Wildman–Crippen MR) is 68.5 cm³/mol. The van der Waals surface area contributed by atoms with Crippen LogP contribution < -0.4 is 15.8 Å². The number of nitrogens with two attached hydrogens (primary N) is 1. The van der Waals surface area contributed by atoms with Crippen LogP contribution in [0.4, 0.5) is 10.1 Å². The van der Waals surface area contributed by atoms with E-state index in [-0.39, 0.29) is 24.3 Å². The van der Waals surface area contributed by atoms with Crippen molar-refractivity contribution in [2.75, 3.05) is 25.6 Å². The Kier molecular flexibility index (Phi) is 3.73. The molecule has 2 atom stereocenters. The number of carbonyl (C=O) groups is 1. The maximum atomic E-state index is 13.3. The second-order valence-electron chi connectivity index (χ2n) is 4.84. The van der Waals surface area contributed by atoms with Crippen LogP contribution in [0.2, 0.25) is 0 Å². The quantitative estimate of drug-likeness (QED) is 0.862. The lowest BCUT2D eigenvalue weighted by molar-refractivity contribution is -0.125. The molecule has 2 unspecified atom stereocenters. The fourth-order valence-corrected chi connectivity index (χ4v) is 1.93. The number of benzene rings is 1. The van der Waals surface area contributed by atoms with Gasteiger partial charge in [-0.15, -0.1) is 0 Å². The standard InChI is InChI=1S/C13H17FN2O3/c1-13(7-19-6-11(13)15)12(17)16-8-3-4-9(14)10(5-8)18-2/h3-5,11H,6-7,15H2,1-2H3,(H,16,17). The van der Waals surface area contributed by atoms with Crippen molar-refractivity contribution < 1.29 is 18.7 Å². The van der Waals surface area contributed by atoms with E-state index < -0.39 is 11.2 Å². The van der Waals surface area contributed by atoms with Gasteiger partial charge in [0.15, 0.2) is 11.6 Å². The molecule has 0 radical (unpaired) electrons. The molecule has 0 aliphatic carbocycles. The fraction of sp³-hybridized carbons (Fsp3) is 0.462. The molecule has 1 aromatic carbocycles. The number of methoxy groups -OCH3 is 1. The van der Waals surface area contributed by atoms with Crippen molar-refractivity contribution in [1.29, 1.82) is 0 Å². The Labute approximate surface area is 110 Å². The molecule has 0 bridgehead atoms. The molecule has 1 aliphatic rings. The molecule has 0 aromatic heterocycles. The van der Waals surface area contributed by atoms with Crippen LogP contribution in [0.3, 0.4) is 0 Å². The van der Waals surface area contributed by atoms with Crippen LogP contribution in [0.25, 0.3) is 0 Å². The van der Waals surface area contributed by atoms with Crippen molar-refractivity contribution >= 4 is 11.6 Å². The fourth-order valence-electron chi connectivity index (χ4n) is 1.93. The molecular formula is C13H17FN2O3. The second kappa shape index (κ2) is 5.14. The van der Waals surface area contributed by atoms with Gasteiger partial charge in [-0.3, -0.25) is 4.79 Å². The minimum atomic E-state index is -0.776. The molecule has 1 aromatic rings. The Morgan fingerprint density at radius 2 is 2.37 bits per heavy atom. The number of hydrogen-bond acceptors (Lipinski definition) is 4. The number of carbonyl (C=O) groups excluding carboxylic acids is 1. The number of ether oxygens (including phenoxy) is 2. The van der Waals surface area contributed by atoms with E-state index in [1.165, 1.54) is 25.3 Å². The lowest BCUT2D eigenvalue weighted by Gasteiger charge is -2.25. The van der Waals surface area contributed by atoms with E-state index in [9.17, 15) is 9.18 Å². The van der Waals surface area contributed by atoms with E-state index in [0.717, 1.165) is 0 Å². The second-order valence-corrected chi connectivity index (χ2v) is 4.84. The Hall–Kier alpha value is -1.66. The first-order valence-electron chi connectivity index (χ1n) is 5.95. The molecule has 1 aliphatic heterocycles. The Bertz CT molecular complexity index is 495. The summed E-state index contributed by atoms with van der Waals surface area (Å²) in [7, 11) is 1.37. The summed E-state index contributed by atoms with van der Waals surface area (Å²) in [6, 6.07) is 3.79. The molecule has 1 saturated heterocycles. The van der Waals surface area contributed by atoms with E-state index in [0.29, 0.717) is 12.3 Å². The minimum Gasteiger partial charge on any atom is -0.494 e. The van der Waals surface area contributed by atoms with Gasteiger partial charge in [0.2, 0.25) is 5.91 Å². The van der Waals surface area contributed by atoms with Crippen molar-refractivity contribution in [2.24, 2.45) is 11.1 Å². The van der Waals surface area contributed by atoms with Crippen LogP contribution in [0.5, 0.6) is 5.75 Å². The Morgan fingerprint density at radius 3 is 2.95 bits per heavy atom. The molecule has 6 heteroatoms. The number of anilines is 1. The van der Waals surface area contributed by atoms with Crippen LogP contribution in [0, 0.1) is 11.2 Å². The molecule has 1 fully saturated rings. The average Bonchev–Trinajstić information content (AvgIpc) is 2.73. The SMILES string of the molecule is COc1cc(NC(=O)C2(C)COCC2N)ccc1F. The topological polar surface area (TPSA) is 73.6 Å². The van der Waals surface area contributed by atoms with Crippen molar-refractivity contribution in [3.8, 4) is 5.75 Å². The lowest BCUT2D eigenvalue weighted by Crippen LogP contribution is -2.47. The highest BCUT2D eigenvalue weighted by molar-refractivity contribution is 5.96. The number of nitrogens with one attached hydrogen (secondary N) is 1. The van der Waals surface area contributed by atoms with E-state index in [1.54, 1.807) is 6.92 Å². The van der Waals surface area contributed by atoms with Gasteiger partial charge in [-0.05, 0) is 19.1 Å². The number of amides is 1. The summed E-state index contributed by atoms with van der Waals surface area (Å²) in [6.45, 7) is 2.38. The Morgan fingerprint density at radius 1 is 1.63 bits per heavy atom. The summed E-state index contributed by atoms with van der Waals surface area (Å²) < 4.78 is 23.4. The van der Waals surface area contributed by atoms with Crippen LogP contribution in [0.1, 0.15) is 6.92 Å². The summed E-state index contributed by atoms with van der Waals surface area (Å²) in [5.41, 5.74) is 5.56. The van der Waals surface area contributed by atoms with Crippen LogP contribution in [-0.2, 0) is 9.53 Å². The van der Waals surface area contributed by atoms with Gasteiger partial charge in [0, 0.05) is 17.8 Å². The zero-order chi connectivity index (χ0) is 14.0. The Balaban J connectivity index is 2.15. The largest absolute Gasteiger partial charge is 0.494 e. The van der Waals surface area contributed by atoms with Crippen LogP contribution in [0.15, 0.2) is 18.2 Å². The average molecular weight is 268 g/mol. The normalized spacial score (nSPS) is 26.2. The van der Waals surface area contributed by atoms with E-state index >= 15 is 0 Å². The third-order valence-electron chi connectivity index (χ3n) is 3.45. The third kappa shape index (κ3) is 2.54. The molecule has 104 valence electrons.